The molecule has 0 atom stereocenters. The highest BCUT2D eigenvalue weighted by Crippen LogP contribution is 2.26. The Morgan fingerprint density at radius 2 is 1.06 bits per heavy atom. The van der Waals surface area contributed by atoms with E-state index in [1.165, 1.54) is 69.5 Å². The maximum Gasteiger partial charge on any atom is 0.229 e. The Labute approximate surface area is 214 Å². The molecule has 0 saturated heterocycles. The molecular formula is C32H34B2N2. The summed E-state index contributed by atoms with van der Waals surface area (Å²) in [5.74, 6) is 4.80. The molecule has 0 radical (unpaired) electrons. The average Bonchev–Trinajstić information content (AvgIpc) is 2.94. The second-order valence-electron chi connectivity index (χ2n) is 10.3. The molecule has 0 spiro atoms. The molecule has 36 heavy (non-hydrogen) atoms. The standard InChI is InChI=1S/C32H34B2N2/c1-3-5-11-27-21-29-13-7-9-19-35(29)33-17-15-25(23-31(27)33)26-16-18-34-32(24-26)28(12-6-4-2)22-30-14-8-10-20-36(30)34/h7-10,13-24H,3-6,11-12H2,1-2H3. The van der Waals surface area contributed by atoms with Crippen molar-refractivity contribution in [2.24, 2.45) is 0 Å². The summed E-state index contributed by atoms with van der Waals surface area (Å²) in [5, 5.41) is 2.91. The first-order valence-corrected chi connectivity index (χ1v) is 13.7. The van der Waals surface area contributed by atoms with Crippen LogP contribution >= 0.6 is 0 Å². The van der Waals surface area contributed by atoms with E-state index in [0.717, 1.165) is 12.8 Å². The van der Waals surface area contributed by atoms with Gasteiger partial charge in [-0.1, -0.05) is 74.2 Å². The minimum absolute atomic E-state index is 0.285. The van der Waals surface area contributed by atoms with E-state index in [-0.39, 0.29) is 12.6 Å². The summed E-state index contributed by atoms with van der Waals surface area (Å²) in [6.07, 6.45) is 12.2. The zero-order chi connectivity index (χ0) is 24.5. The van der Waals surface area contributed by atoms with E-state index in [9.17, 15) is 0 Å². The van der Waals surface area contributed by atoms with Crippen molar-refractivity contribution in [1.82, 2.24) is 0 Å². The fourth-order valence-corrected chi connectivity index (χ4v) is 5.99. The van der Waals surface area contributed by atoms with Crippen LogP contribution in [0.1, 0.15) is 50.7 Å². The predicted molar refractivity (Wildman–Crippen MR) is 153 cm³/mol. The smallest absolute Gasteiger partial charge is 0.229 e. The van der Waals surface area contributed by atoms with Crippen LogP contribution in [0.4, 0.5) is 0 Å². The first-order chi connectivity index (χ1) is 17.8. The molecule has 0 aliphatic heterocycles. The lowest BCUT2D eigenvalue weighted by Gasteiger charge is -2.17. The third kappa shape index (κ3) is 4.13. The largest absolute Gasteiger partial charge is 0.425 e. The molecule has 6 heterocycles. The molecule has 0 aliphatic carbocycles. The molecule has 0 bridgehead atoms. The first-order valence-electron chi connectivity index (χ1n) is 13.7. The van der Waals surface area contributed by atoms with Gasteiger partial charge in [0.15, 0.2) is 11.0 Å². The molecule has 0 N–H and O–H groups in total. The fraction of sp³-hybridized carbons (Fsp3) is 0.250. The Hall–Kier alpha value is -3.39. The predicted octanol–water partition coefficient (Wildman–Crippen LogP) is 6.47. The molecule has 6 rings (SSSR count). The van der Waals surface area contributed by atoms with Crippen molar-refractivity contribution < 1.29 is 8.62 Å². The van der Waals surface area contributed by atoms with Crippen LogP contribution in [0, 0.1) is 0 Å². The number of pyridine rings is 2. The SMILES string of the molecule is CCCCc1cc2cccc[n+]2[b-]2ccc(-c3cc[b-]4c(c3)c(CCCC)cc3cccc[n+]43)cc21. The number of hydrogen-bond donors (Lipinski definition) is 0. The van der Waals surface area contributed by atoms with Gasteiger partial charge in [0, 0.05) is 24.3 Å². The van der Waals surface area contributed by atoms with Crippen LogP contribution in [-0.4, -0.2) is 12.6 Å². The number of rotatable bonds is 7. The molecule has 0 amide bonds. The van der Waals surface area contributed by atoms with Crippen LogP contribution in [0.2, 0.25) is 0 Å². The van der Waals surface area contributed by atoms with Gasteiger partial charge in [0.1, 0.15) is 12.4 Å². The normalized spacial score (nSPS) is 11.7. The van der Waals surface area contributed by atoms with Gasteiger partial charge < -0.3 is 8.62 Å². The molecular weight excluding hydrogens is 434 g/mol. The summed E-state index contributed by atoms with van der Waals surface area (Å²) >= 11 is 0. The average molecular weight is 468 g/mol. The van der Waals surface area contributed by atoms with Crippen molar-refractivity contribution in [2.75, 3.05) is 0 Å². The van der Waals surface area contributed by atoms with Crippen molar-refractivity contribution >= 4 is 34.2 Å². The lowest BCUT2D eigenvalue weighted by molar-refractivity contribution is -0.450. The van der Waals surface area contributed by atoms with Crippen molar-refractivity contribution in [3.63, 3.8) is 0 Å². The number of unbranched alkanes of at least 4 members (excludes halogenated alkanes) is 2. The summed E-state index contributed by atoms with van der Waals surface area (Å²) in [4.78, 5) is 0. The van der Waals surface area contributed by atoms with Gasteiger partial charge in [-0.3, -0.25) is 0 Å². The van der Waals surface area contributed by atoms with Gasteiger partial charge in [0.25, 0.3) is 0 Å². The Balaban J connectivity index is 1.55. The molecule has 0 aromatic carbocycles. The number of fused-ring (bicyclic) bond motifs is 6. The molecule has 6 aromatic rings. The van der Waals surface area contributed by atoms with Crippen LogP contribution < -0.4 is 8.62 Å². The van der Waals surface area contributed by atoms with E-state index in [4.69, 9.17) is 0 Å². The van der Waals surface area contributed by atoms with Crippen LogP contribution in [0.25, 0.3) is 32.7 Å². The summed E-state index contributed by atoms with van der Waals surface area (Å²) in [7, 11) is 0. The molecule has 0 unspecified atom stereocenters. The Bertz CT molecular complexity index is 1600. The molecule has 0 fully saturated rings. The third-order valence-electron chi connectivity index (χ3n) is 7.94. The van der Waals surface area contributed by atoms with Gasteiger partial charge in [-0.15, -0.1) is 10.6 Å². The Kier molecular flexibility index (Phi) is 6.35. The van der Waals surface area contributed by atoms with Crippen molar-refractivity contribution in [2.45, 2.75) is 52.4 Å². The van der Waals surface area contributed by atoms with E-state index >= 15 is 0 Å². The minimum atomic E-state index is 0.285. The van der Waals surface area contributed by atoms with Gasteiger partial charge in [-0.2, -0.15) is 11.9 Å². The summed E-state index contributed by atoms with van der Waals surface area (Å²) in [5.41, 5.74) is 8.24. The van der Waals surface area contributed by atoms with Crippen LogP contribution in [0.5, 0.6) is 0 Å². The molecule has 178 valence electrons. The quantitative estimate of drug-likeness (QED) is 0.238. The van der Waals surface area contributed by atoms with Crippen LogP contribution in [0.3, 0.4) is 0 Å². The van der Waals surface area contributed by atoms with E-state index < -0.39 is 0 Å². The molecule has 4 heteroatoms. The van der Waals surface area contributed by atoms with E-state index in [2.05, 4.69) is 120 Å². The maximum absolute atomic E-state index is 2.46. The topological polar surface area (TPSA) is 8.20 Å². The van der Waals surface area contributed by atoms with Crippen molar-refractivity contribution in [1.29, 1.82) is 0 Å². The van der Waals surface area contributed by atoms with Gasteiger partial charge in [0.05, 0.1) is 0 Å². The van der Waals surface area contributed by atoms with E-state index in [1.54, 1.807) is 0 Å². The first kappa shape index (κ1) is 23.0. The maximum atomic E-state index is 2.46. The fourth-order valence-electron chi connectivity index (χ4n) is 5.99. The second-order valence-corrected chi connectivity index (χ2v) is 10.3. The number of aromatic nitrogens is 2. The highest BCUT2D eigenvalue weighted by molar-refractivity contribution is 6.52. The second kappa shape index (κ2) is 9.93. The number of aryl methyl sites for hydroxylation is 2. The highest BCUT2D eigenvalue weighted by atomic mass is 14.8. The number of hydrogen-bond acceptors (Lipinski definition) is 0. The van der Waals surface area contributed by atoms with E-state index in [0.29, 0.717) is 0 Å². The summed E-state index contributed by atoms with van der Waals surface area (Å²) in [6.45, 7) is 4.57. The molecule has 6 aromatic heterocycles. The zero-order valence-corrected chi connectivity index (χ0v) is 21.5. The number of nitrogens with zero attached hydrogens (tertiary/aromatic N) is 2. The summed E-state index contributed by atoms with van der Waals surface area (Å²) in [6, 6.07) is 27.5. The molecule has 0 saturated carbocycles. The lowest BCUT2D eigenvalue weighted by atomic mass is 9.71. The van der Waals surface area contributed by atoms with E-state index in [1.807, 2.05) is 0 Å². The van der Waals surface area contributed by atoms with Crippen molar-refractivity contribution in [3.05, 3.63) is 108 Å². The zero-order valence-electron chi connectivity index (χ0n) is 21.5. The summed E-state index contributed by atoms with van der Waals surface area (Å²) < 4.78 is 4.81. The highest BCUT2D eigenvalue weighted by Gasteiger charge is 2.10. The lowest BCUT2D eigenvalue weighted by Crippen LogP contribution is -2.33. The Morgan fingerprint density at radius 3 is 1.50 bits per heavy atom. The molecule has 0 aliphatic rings. The van der Waals surface area contributed by atoms with Gasteiger partial charge in [-0.05, 0) is 48.9 Å². The van der Waals surface area contributed by atoms with Crippen molar-refractivity contribution in [3.8, 4) is 11.1 Å². The molecule has 2 nitrogen and oxygen atoms in total. The van der Waals surface area contributed by atoms with Gasteiger partial charge in [-0.25, -0.2) is 0 Å². The Morgan fingerprint density at radius 1 is 0.583 bits per heavy atom. The van der Waals surface area contributed by atoms with Gasteiger partial charge in [0.2, 0.25) is 12.6 Å². The van der Waals surface area contributed by atoms with Crippen LogP contribution in [0.15, 0.2) is 97.1 Å². The monoisotopic (exact) mass is 468 g/mol. The van der Waals surface area contributed by atoms with Crippen LogP contribution in [-0.2, 0) is 12.8 Å². The minimum Gasteiger partial charge on any atom is -0.425 e. The third-order valence-corrected chi connectivity index (χ3v) is 7.94. The van der Waals surface area contributed by atoms with Gasteiger partial charge >= 0.3 is 0 Å².